The molecular weight excluding hydrogens is 344 g/mol. The van der Waals surface area contributed by atoms with Crippen molar-refractivity contribution < 1.29 is 4.74 Å². The highest BCUT2D eigenvalue weighted by molar-refractivity contribution is 6.30. The number of methoxy groups -OCH3 is 1. The Balaban J connectivity index is 2.53. The smallest absolute Gasteiger partial charge is 0.332 e. The minimum Gasteiger partial charge on any atom is -0.385 e. The molecule has 2 aromatic rings. The van der Waals surface area contributed by atoms with Crippen LogP contribution in [-0.4, -0.2) is 22.9 Å². The molecule has 1 N–H and O–H groups in total. The van der Waals surface area contributed by atoms with Crippen molar-refractivity contribution >= 4 is 17.4 Å². The van der Waals surface area contributed by atoms with Gasteiger partial charge in [0.05, 0.1) is 6.04 Å². The van der Waals surface area contributed by atoms with Crippen LogP contribution in [0.25, 0.3) is 0 Å². The van der Waals surface area contributed by atoms with Gasteiger partial charge in [0.15, 0.2) is 5.56 Å². The molecule has 8 heteroatoms. The number of anilines is 1. The zero-order valence-corrected chi connectivity index (χ0v) is 15.0. The van der Waals surface area contributed by atoms with Crippen LogP contribution < -0.4 is 16.6 Å². The first-order chi connectivity index (χ1) is 11.9. The minimum atomic E-state index is -0.630. The van der Waals surface area contributed by atoms with Gasteiger partial charge in [-0.1, -0.05) is 23.7 Å². The molecule has 0 aliphatic rings. The van der Waals surface area contributed by atoms with E-state index < -0.39 is 11.2 Å². The van der Waals surface area contributed by atoms with Gasteiger partial charge in [0.25, 0.3) is 5.56 Å². The summed E-state index contributed by atoms with van der Waals surface area (Å²) in [5, 5.41) is 13.1. The summed E-state index contributed by atoms with van der Waals surface area (Å²) in [5.41, 5.74) is -0.345. The second-order valence-electron chi connectivity index (χ2n) is 5.57. The summed E-state index contributed by atoms with van der Waals surface area (Å²) >= 11 is 5.94. The van der Waals surface area contributed by atoms with E-state index in [9.17, 15) is 14.9 Å². The quantitative estimate of drug-likeness (QED) is 0.846. The van der Waals surface area contributed by atoms with Gasteiger partial charge >= 0.3 is 5.69 Å². The lowest BCUT2D eigenvalue weighted by Gasteiger charge is -2.22. The molecule has 0 radical (unpaired) electrons. The summed E-state index contributed by atoms with van der Waals surface area (Å²) in [6.07, 6.45) is 0.576. The Morgan fingerprint density at radius 2 is 1.88 bits per heavy atom. The molecule has 1 aromatic heterocycles. The maximum Gasteiger partial charge on any atom is 0.332 e. The maximum absolute atomic E-state index is 12.2. The van der Waals surface area contributed by atoms with Gasteiger partial charge in [0.2, 0.25) is 0 Å². The number of nitrogens with zero attached hydrogens (tertiary/aromatic N) is 3. The number of benzene rings is 1. The van der Waals surface area contributed by atoms with Crippen LogP contribution in [0.3, 0.4) is 0 Å². The second-order valence-corrected chi connectivity index (χ2v) is 6.01. The topological polar surface area (TPSA) is 89.1 Å². The van der Waals surface area contributed by atoms with E-state index in [1.807, 2.05) is 18.2 Å². The molecule has 1 heterocycles. The predicted molar refractivity (Wildman–Crippen MR) is 95.9 cm³/mol. The molecule has 0 amide bonds. The number of aromatic nitrogens is 2. The van der Waals surface area contributed by atoms with Gasteiger partial charge < -0.3 is 10.1 Å². The number of halogens is 1. The molecule has 0 bridgehead atoms. The molecular formula is C17H19ClN4O3. The normalized spacial score (nSPS) is 11.8. The van der Waals surface area contributed by atoms with Crippen LogP contribution in [0.15, 0.2) is 33.9 Å². The van der Waals surface area contributed by atoms with Crippen LogP contribution in [0.2, 0.25) is 5.02 Å². The van der Waals surface area contributed by atoms with Crippen LogP contribution >= 0.6 is 11.6 Å². The molecule has 0 saturated heterocycles. The summed E-state index contributed by atoms with van der Waals surface area (Å²) in [6.45, 7) is 0.459. The molecule has 0 fully saturated rings. The van der Waals surface area contributed by atoms with E-state index in [0.717, 1.165) is 10.1 Å². The van der Waals surface area contributed by atoms with Gasteiger partial charge in [0.1, 0.15) is 11.9 Å². The van der Waals surface area contributed by atoms with E-state index >= 15 is 0 Å². The number of hydrogen-bond acceptors (Lipinski definition) is 5. The summed E-state index contributed by atoms with van der Waals surface area (Å²) < 4.78 is 7.32. The van der Waals surface area contributed by atoms with E-state index in [-0.39, 0.29) is 17.4 Å². The van der Waals surface area contributed by atoms with Crippen molar-refractivity contribution in [3.8, 4) is 6.07 Å². The van der Waals surface area contributed by atoms with E-state index in [1.165, 1.54) is 18.7 Å². The monoisotopic (exact) mass is 362 g/mol. The standard InChI is InChI=1S/C17H19ClN4O3/c1-21-15(13(10-19)16(23)22(2)17(21)24)20-14(8-9-25-3)11-4-6-12(18)7-5-11/h4-7,14,20H,8-9H2,1-3H3. The Kier molecular flexibility index (Phi) is 6.02. The SMILES string of the molecule is COCCC(Nc1c(C#N)c(=O)n(C)c(=O)n1C)c1ccc(Cl)cc1. The average molecular weight is 363 g/mol. The fourth-order valence-corrected chi connectivity index (χ4v) is 2.66. The van der Waals surface area contributed by atoms with Crippen LogP contribution in [-0.2, 0) is 18.8 Å². The summed E-state index contributed by atoms with van der Waals surface area (Å²) in [5.74, 6) is 0.187. The third kappa shape index (κ3) is 3.92. The van der Waals surface area contributed by atoms with Crippen LogP contribution in [0.1, 0.15) is 23.6 Å². The zero-order chi connectivity index (χ0) is 18.6. The molecule has 0 aliphatic carbocycles. The van der Waals surface area contributed by atoms with E-state index in [2.05, 4.69) is 5.32 Å². The molecule has 0 spiro atoms. The molecule has 1 aromatic carbocycles. The number of nitriles is 1. The summed E-state index contributed by atoms with van der Waals surface area (Å²) in [6, 6.07) is 8.83. The van der Waals surface area contributed by atoms with Gasteiger partial charge in [0, 0.05) is 32.8 Å². The highest BCUT2D eigenvalue weighted by atomic mass is 35.5. The first-order valence-corrected chi connectivity index (χ1v) is 7.99. The molecule has 2 rings (SSSR count). The van der Waals surface area contributed by atoms with Crippen molar-refractivity contribution in [2.24, 2.45) is 14.1 Å². The van der Waals surface area contributed by atoms with Gasteiger partial charge in [-0.15, -0.1) is 0 Å². The van der Waals surface area contributed by atoms with Gasteiger partial charge in [-0.3, -0.25) is 13.9 Å². The third-order valence-electron chi connectivity index (χ3n) is 3.97. The highest BCUT2D eigenvalue weighted by Crippen LogP contribution is 2.24. The van der Waals surface area contributed by atoms with Crippen molar-refractivity contribution in [3.63, 3.8) is 0 Å². The van der Waals surface area contributed by atoms with E-state index in [4.69, 9.17) is 16.3 Å². The summed E-state index contributed by atoms with van der Waals surface area (Å²) in [4.78, 5) is 24.4. The van der Waals surface area contributed by atoms with Crippen molar-refractivity contribution in [2.45, 2.75) is 12.5 Å². The molecule has 1 atom stereocenters. The summed E-state index contributed by atoms with van der Waals surface area (Å²) in [7, 11) is 4.45. The second kappa shape index (κ2) is 8.01. The van der Waals surface area contributed by atoms with Gasteiger partial charge in [-0.25, -0.2) is 4.79 Å². The van der Waals surface area contributed by atoms with E-state index in [0.29, 0.717) is 18.1 Å². The average Bonchev–Trinajstić information content (AvgIpc) is 2.62. The zero-order valence-electron chi connectivity index (χ0n) is 14.2. The number of rotatable bonds is 6. The maximum atomic E-state index is 12.2. The van der Waals surface area contributed by atoms with Crippen LogP contribution in [0.5, 0.6) is 0 Å². The lowest BCUT2D eigenvalue weighted by atomic mass is 10.0. The Labute approximate surface area is 150 Å². The number of hydrogen-bond donors (Lipinski definition) is 1. The highest BCUT2D eigenvalue weighted by Gasteiger charge is 2.19. The van der Waals surface area contributed by atoms with Gasteiger partial charge in [-0.2, -0.15) is 5.26 Å². The largest absolute Gasteiger partial charge is 0.385 e. The number of ether oxygens (including phenoxy) is 1. The molecule has 0 saturated carbocycles. The van der Waals surface area contributed by atoms with Crippen molar-refractivity contribution in [3.05, 3.63) is 61.3 Å². The first-order valence-electron chi connectivity index (χ1n) is 7.61. The van der Waals surface area contributed by atoms with Crippen molar-refractivity contribution in [2.75, 3.05) is 19.0 Å². The van der Waals surface area contributed by atoms with Crippen molar-refractivity contribution in [1.82, 2.24) is 9.13 Å². The fraction of sp³-hybridized carbons (Fsp3) is 0.353. The fourth-order valence-electron chi connectivity index (χ4n) is 2.53. The Morgan fingerprint density at radius 3 is 2.44 bits per heavy atom. The Hall–Kier alpha value is -2.56. The van der Waals surface area contributed by atoms with Gasteiger partial charge in [-0.05, 0) is 24.1 Å². The van der Waals surface area contributed by atoms with Crippen molar-refractivity contribution in [1.29, 1.82) is 5.26 Å². The molecule has 1 unspecified atom stereocenters. The minimum absolute atomic E-state index is 0.110. The van der Waals surface area contributed by atoms with Crippen LogP contribution in [0, 0.1) is 11.3 Å². The Morgan fingerprint density at radius 1 is 1.24 bits per heavy atom. The lowest BCUT2D eigenvalue weighted by molar-refractivity contribution is 0.190. The third-order valence-corrected chi connectivity index (χ3v) is 4.22. The molecule has 0 aliphatic heterocycles. The number of nitrogens with one attached hydrogen (secondary N) is 1. The Bertz CT molecular complexity index is 910. The molecule has 7 nitrogen and oxygen atoms in total. The lowest BCUT2D eigenvalue weighted by Crippen LogP contribution is -2.40. The van der Waals surface area contributed by atoms with E-state index in [1.54, 1.807) is 19.2 Å². The molecule has 132 valence electrons. The molecule has 25 heavy (non-hydrogen) atoms. The predicted octanol–water partition coefficient (Wildman–Crippen LogP) is 1.80. The first kappa shape index (κ1) is 18.8. The van der Waals surface area contributed by atoms with Crippen LogP contribution in [0.4, 0.5) is 5.82 Å².